The number of nitrogens with one attached hydrogen (secondary N) is 1. The Balaban J connectivity index is 3.07. The number of nitrogens with two attached hydrogens (primary N) is 1. The van der Waals surface area contributed by atoms with Crippen LogP contribution in [0.2, 0.25) is 0 Å². The highest BCUT2D eigenvalue weighted by molar-refractivity contribution is 7.89. The Morgan fingerprint density at radius 3 is 2.29 bits per heavy atom. The third-order valence-corrected chi connectivity index (χ3v) is 2.91. The Hall–Kier alpha value is -1.34. The maximum absolute atomic E-state index is 11.7. The number of carbonyl (C=O) groups excluding carboxylic acids is 1. The van der Waals surface area contributed by atoms with Crippen LogP contribution in [0.15, 0.2) is 15.4 Å². The average molecular weight is 260 g/mol. The molecule has 0 unspecified atom stereocenters. The van der Waals surface area contributed by atoms with Crippen molar-refractivity contribution in [3.8, 4) is 0 Å². The number of amides is 1. The molecule has 7 heteroatoms. The molecule has 17 heavy (non-hydrogen) atoms. The topological polar surface area (TPSA) is 102 Å². The van der Waals surface area contributed by atoms with Gasteiger partial charge in [-0.2, -0.15) is 0 Å². The van der Waals surface area contributed by atoms with Crippen LogP contribution < -0.4 is 10.5 Å². The third-order valence-electron chi connectivity index (χ3n) is 1.89. The Labute approximate surface area is 100 Å². The van der Waals surface area contributed by atoms with Crippen molar-refractivity contribution in [2.24, 2.45) is 5.14 Å². The summed E-state index contributed by atoms with van der Waals surface area (Å²) in [4.78, 5) is 11.5. The molecule has 0 saturated carbocycles. The molecule has 1 heterocycles. The molecule has 1 aromatic rings. The zero-order valence-corrected chi connectivity index (χ0v) is 11.0. The second kappa shape index (κ2) is 4.15. The van der Waals surface area contributed by atoms with Gasteiger partial charge in [-0.1, -0.05) is 0 Å². The first kappa shape index (κ1) is 13.7. The number of hydrogen-bond donors (Lipinski definition) is 2. The van der Waals surface area contributed by atoms with Crippen LogP contribution in [-0.2, 0) is 10.0 Å². The average Bonchev–Trinajstić information content (AvgIpc) is 2.42. The summed E-state index contributed by atoms with van der Waals surface area (Å²) in [6.07, 6.45) is 0. The summed E-state index contributed by atoms with van der Waals surface area (Å²) < 4.78 is 27.4. The van der Waals surface area contributed by atoms with Crippen LogP contribution in [0.3, 0.4) is 0 Å². The normalized spacial score (nSPS) is 12.5. The molecular weight excluding hydrogens is 244 g/mol. The van der Waals surface area contributed by atoms with Gasteiger partial charge in [-0.25, -0.2) is 13.6 Å². The maximum atomic E-state index is 11.7. The Morgan fingerprint density at radius 1 is 1.41 bits per heavy atom. The van der Waals surface area contributed by atoms with E-state index < -0.39 is 21.5 Å². The van der Waals surface area contributed by atoms with Crippen LogP contribution in [0.25, 0.3) is 0 Å². The zero-order chi connectivity index (χ0) is 13.4. The monoisotopic (exact) mass is 260 g/mol. The van der Waals surface area contributed by atoms with Crippen molar-refractivity contribution in [2.75, 3.05) is 0 Å². The molecule has 0 bridgehead atoms. The molecule has 0 aliphatic carbocycles. The number of hydrogen-bond acceptors (Lipinski definition) is 4. The fraction of sp³-hybridized carbons (Fsp3) is 0.500. The van der Waals surface area contributed by atoms with Crippen LogP contribution in [0.4, 0.5) is 0 Å². The van der Waals surface area contributed by atoms with Crippen molar-refractivity contribution >= 4 is 15.9 Å². The SMILES string of the molecule is Cc1oc(C(=O)NC(C)(C)C)cc1S(N)(=O)=O. The number of sulfonamides is 1. The first-order valence-electron chi connectivity index (χ1n) is 4.96. The quantitative estimate of drug-likeness (QED) is 0.819. The Bertz CT molecular complexity index is 537. The van der Waals surface area contributed by atoms with E-state index in [0.717, 1.165) is 6.07 Å². The van der Waals surface area contributed by atoms with Crippen molar-refractivity contribution in [2.45, 2.75) is 38.1 Å². The number of furan rings is 1. The molecule has 0 aliphatic rings. The van der Waals surface area contributed by atoms with Gasteiger partial charge in [0.25, 0.3) is 5.91 Å². The minimum absolute atomic E-state index is 0.0681. The summed E-state index contributed by atoms with van der Waals surface area (Å²) in [5.74, 6) is -0.441. The minimum atomic E-state index is -3.86. The number of primary sulfonamides is 1. The number of aryl methyl sites for hydroxylation is 1. The van der Waals surface area contributed by atoms with Gasteiger partial charge in [0.05, 0.1) is 0 Å². The van der Waals surface area contributed by atoms with Gasteiger partial charge in [-0.3, -0.25) is 4.79 Å². The summed E-state index contributed by atoms with van der Waals surface area (Å²) in [6, 6.07) is 1.13. The second-order valence-electron chi connectivity index (χ2n) is 4.78. The number of rotatable bonds is 2. The molecule has 0 atom stereocenters. The van der Waals surface area contributed by atoms with E-state index in [-0.39, 0.29) is 16.4 Å². The second-order valence-corrected chi connectivity index (χ2v) is 6.31. The molecule has 1 aromatic heterocycles. The van der Waals surface area contributed by atoms with Crippen LogP contribution in [-0.4, -0.2) is 19.9 Å². The first-order valence-corrected chi connectivity index (χ1v) is 6.51. The van der Waals surface area contributed by atoms with E-state index in [1.807, 2.05) is 0 Å². The van der Waals surface area contributed by atoms with Gasteiger partial charge in [-0.05, 0) is 27.7 Å². The molecule has 96 valence electrons. The molecule has 1 rings (SSSR count). The molecule has 0 radical (unpaired) electrons. The van der Waals surface area contributed by atoms with E-state index in [4.69, 9.17) is 9.56 Å². The lowest BCUT2D eigenvalue weighted by molar-refractivity contribution is 0.0889. The molecular formula is C10H16N2O4S. The van der Waals surface area contributed by atoms with Gasteiger partial charge in [0, 0.05) is 11.6 Å². The fourth-order valence-corrected chi connectivity index (χ4v) is 1.98. The lowest BCUT2D eigenvalue weighted by Crippen LogP contribution is -2.40. The largest absolute Gasteiger partial charge is 0.455 e. The van der Waals surface area contributed by atoms with Gasteiger partial charge in [0.1, 0.15) is 10.7 Å². The highest BCUT2D eigenvalue weighted by Gasteiger charge is 2.23. The predicted octanol–water partition coefficient (Wildman–Crippen LogP) is 0.764. The Kier molecular flexibility index (Phi) is 3.35. The Morgan fingerprint density at radius 2 is 1.94 bits per heavy atom. The lowest BCUT2D eigenvalue weighted by Gasteiger charge is -2.19. The van der Waals surface area contributed by atoms with E-state index in [1.165, 1.54) is 6.92 Å². The lowest BCUT2D eigenvalue weighted by atomic mass is 10.1. The highest BCUT2D eigenvalue weighted by Crippen LogP contribution is 2.19. The molecule has 0 aliphatic heterocycles. The van der Waals surface area contributed by atoms with Crippen LogP contribution in [0, 0.1) is 6.92 Å². The summed E-state index contributed by atoms with van der Waals surface area (Å²) in [5.41, 5.74) is -0.431. The van der Waals surface area contributed by atoms with Gasteiger partial charge in [0.2, 0.25) is 10.0 Å². The van der Waals surface area contributed by atoms with Gasteiger partial charge >= 0.3 is 0 Å². The van der Waals surface area contributed by atoms with Crippen molar-refractivity contribution in [1.82, 2.24) is 5.32 Å². The maximum Gasteiger partial charge on any atom is 0.287 e. The van der Waals surface area contributed by atoms with Crippen LogP contribution in [0.1, 0.15) is 37.1 Å². The smallest absolute Gasteiger partial charge is 0.287 e. The summed E-state index contributed by atoms with van der Waals surface area (Å²) in [6.45, 7) is 6.86. The third kappa shape index (κ3) is 3.57. The fourth-order valence-electron chi connectivity index (χ4n) is 1.26. The highest BCUT2D eigenvalue weighted by atomic mass is 32.2. The molecule has 0 saturated heterocycles. The summed E-state index contributed by atoms with van der Waals surface area (Å²) in [7, 11) is -3.86. The minimum Gasteiger partial charge on any atom is -0.455 e. The van der Waals surface area contributed by atoms with Crippen molar-refractivity contribution in [3.05, 3.63) is 17.6 Å². The molecule has 0 fully saturated rings. The first-order chi connectivity index (χ1) is 7.50. The standard InChI is InChI=1S/C10H16N2O4S/c1-6-8(17(11,14)15)5-7(16-6)9(13)12-10(2,3)4/h5H,1-4H3,(H,12,13)(H2,11,14,15). The summed E-state index contributed by atoms with van der Waals surface area (Å²) in [5, 5.41) is 7.64. The molecule has 6 nitrogen and oxygen atoms in total. The molecule has 3 N–H and O–H groups in total. The molecule has 1 amide bonds. The van der Waals surface area contributed by atoms with Gasteiger partial charge in [0.15, 0.2) is 5.76 Å². The predicted molar refractivity (Wildman–Crippen MR) is 62.0 cm³/mol. The zero-order valence-electron chi connectivity index (χ0n) is 10.2. The van der Waals surface area contributed by atoms with E-state index >= 15 is 0 Å². The number of carbonyl (C=O) groups is 1. The van der Waals surface area contributed by atoms with E-state index in [9.17, 15) is 13.2 Å². The van der Waals surface area contributed by atoms with Crippen molar-refractivity contribution in [1.29, 1.82) is 0 Å². The molecule has 0 aromatic carbocycles. The van der Waals surface area contributed by atoms with E-state index in [2.05, 4.69) is 5.32 Å². The van der Waals surface area contributed by atoms with Crippen molar-refractivity contribution < 1.29 is 17.6 Å². The van der Waals surface area contributed by atoms with E-state index in [0.29, 0.717) is 0 Å². The van der Waals surface area contributed by atoms with Gasteiger partial charge in [-0.15, -0.1) is 0 Å². The molecule has 0 spiro atoms. The van der Waals surface area contributed by atoms with Crippen molar-refractivity contribution in [3.63, 3.8) is 0 Å². The summed E-state index contributed by atoms with van der Waals surface area (Å²) >= 11 is 0. The van der Waals surface area contributed by atoms with Crippen LogP contribution in [0.5, 0.6) is 0 Å². The van der Waals surface area contributed by atoms with Gasteiger partial charge < -0.3 is 9.73 Å². The van der Waals surface area contributed by atoms with Crippen LogP contribution >= 0.6 is 0 Å². The van der Waals surface area contributed by atoms with E-state index in [1.54, 1.807) is 20.8 Å².